The number of aromatic nitrogens is 1. The number of nitrogens with one attached hydrogen (secondary N) is 1. The molecule has 9 heteroatoms. The van der Waals surface area contributed by atoms with Crippen molar-refractivity contribution < 1.29 is 27.9 Å². The molecule has 0 saturated heterocycles. The van der Waals surface area contributed by atoms with Gasteiger partial charge in [0.05, 0.1) is 22.3 Å². The van der Waals surface area contributed by atoms with E-state index in [1.165, 1.54) is 17.0 Å². The zero-order valence-corrected chi connectivity index (χ0v) is 22.4. The van der Waals surface area contributed by atoms with Gasteiger partial charge < -0.3 is 15.3 Å². The Morgan fingerprint density at radius 1 is 0.974 bits per heavy atom. The number of fused-ring (bicyclic) bond motifs is 1. The SMILES string of the molecule is CC(C)(C)N(CC1CCC(CNC(=O)c2cc(-c3ccc(C(F)(F)F)cc3)nc3ccccc23)CC1)C(=O)O. The molecule has 0 spiro atoms. The Morgan fingerprint density at radius 3 is 2.18 bits per heavy atom. The van der Waals surface area contributed by atoms with E-state index in [9.17, 15) is 27.9 Å². The molecule has 1 aliphatic carbocycles. The summed E-state index contributed by atoms with van der Waals surface area (Å²) in [6, 6.07) is 13.6. The van der Waals surface area contributed by atoms with Crippen molar-refractivity contribution in [1.29, 1.82) is 0 Å². The van der Waals surface area contributed by atoms with Crippen LogP contribution < -0.4 is 5.32 Å². The fraction of sp³-hybridized carbons (Fsp3) is 0.433. The second kappa shape index (κ2) is 11.2. The molecule has 2 N–H and O–H groups in total. The Balaban J connectivity index is 1.43. The number of rotatable bonds is 6. The molecule has 1 fully saturated rings. The van der Waals surface area contributed by atoms with Crippen LogP contribution in [0.15, 0.2) is 54.6 Å². The van der Waals surface area contributed by atoms with E-state index < -0.39 is 23.4 Å². The molecule has 0 unspecified atom stereocenters. The van der Waals surface area contributed by atoms with Gasteiger partial charge in [0.2, 0.25) is 0 Å². The molecule has 0 atom stereocenters. The van der Waals surface area contributed by atoms with Crippen LogP contribution in [-0.2, 0) is 6.18 Å². The third kappa shape index (κ3) is 6.88. The van der Waals surface area contributed by atoms with Crippen LogP contribution in [-0.4, -0.2) is 45.6 Å². The number of pyridine rings is 1. The number of carbonyl (C=O) groups excluding carboxylic acids is 1. The highest BCUT2D eigenvalue weighted by Crippen LogP contribution is 2.33. The van der Waals surface area contributed by atoms with E-state index in [4.69, 9.17) is 0 Å². The van der Waals surface area contributed by atoms with Crippen molar-refractivity contribution in [2.75, 3.05) is 13.1 Å². The normalized spacial score (nSPS) is 18.1. The van der Waals surface area contributed by atoms with Gasteiger partial charge in [-0.2, -0.15) is 13.2 Å². The zero-order chi connectivity index (χ0) is 28.4. The number of amides is 2. The maximum Gasteiger partial charge on any atom is 0.416 e. The number of hydrogen-bond donors (Lipinski definition) is 2. The van der Waals surface area contributed by atoms with Crippen molar-refractivity contribution >= 4 is 22.9 Å². The molecule has 3 aromatic rings. The lowest BCUT2D eigenvalue weighted by Gasteiger charge is -2.38. The van der Waals surface area contributed by atoms with E-state index in [0.717, 1.165) is 37.8 Å². The minimum Gasteiger partial charge on any atom is -0.465 e. The van der Waals surface area contributed by atoms with Crippen LogP contribution in [0.2, 0.25) is 0 Å². The lowest BCUT2D eigenvalue weighted by molar-refractivity contribution is -0.137. The number of alkyl halides is 3. The van der Waals surface area contributed by atoms with Gasteiger partial charge in [-0.15, -0.1) is 0 Å². The number of halogens is 3. The average molecular weight is 542 g/mol. The number of nitrogens with zero attached hydrogens (tertiary/aromatic N) is 2. The van der Waals surface area contributed by atoms with Crippen molar-refractivity contribution in [3.63, 3.8) is 0 Å². The van der Waals surface area contributed by atoms with Crippen LogP contribution in [0.1, 0.15) is 62.4 Å². The fourth-order valence-electron chi connectivity index (χ4n) is 5.19. The molecule has 208 valence electrons. The smallest absolute Gasteiger partial charge is 0.416 e. The number of carbonyl (C=O) groups is 2. The van der Waals surface area contributed by atoms with E-state index >= 15 is 0 Å². The second-order valence-electron chi connectivity index (χ2n) is 11.3. The molecule has 1 aliphatic rings. The third-order valence-electron chi connectivity index (χ3n) is 7.47. The van der Waals surface area contributed by atoms with Gasteiger partial charge in [0.15, 0.2) is 0 Å². The maximum absolute atomic E-state index is 13.3. The topological polar surface area (TPSA) is 82.5 Å². The molecular weight excluding hydrogens is 507 g/mol. The molecular formula is C30H34F3N3O3. The Kier molecular flexibility index (Phi) is 8.18. The fourth-order valence-corrected chi connectivity index (χ4v) is 5.19. The molecule has 0 radical (unpaired) electrons. The first kappa shape index (κ1) is 28.4. The van der Waals surface area contributed by atoms with Crippen molar-refractivity contribution in [2.24, 2.45) is 11.8 Å². The van der Waals surface area contributed by atoms with E-state index in [1.54, 1.807) is 18.2 Å². The van der Waals surface area contributed by atoms with Crippen molar-refractivity contribution in [2.45, 2.75) is 58.2 Å². The first-order chi connectivity index (χ1) is 18.3. The minimum absolute atomic E-state index is 0.256. The first-order valence-corrected chi connectivity index (χ1v) is 13.2. The quantitative estimate of drug-likeness (QED) is 0.345. The zero-order valence-electron chi connectivity index (χ0n) is 22.4. The van der Waals surface area contributed by atoms with Gasteiger partial charge in [-0.25, -0.2) is 9.78 Å². The van der Waals surface area contributed by atoms with Crippen LogP contribution >= 0.6 is 0 Å². The highest BCUT2D eigenvalue weighted by atomic mass is 19.4. The summed E-state index contributed by atoms with van der Waals surface area (Å²) in [5.74, 6) is 0.331. The van der Waals surface area contributed by atoms with Crippen LogP contribution in [0.25, 0.3) is 22.2 Å². The molecule has 6 nitrogen and oxygen atoms in total. The molecule has 0 bridgehead atoms. The largest absolute Gasteiger partial charge is 0.465 e. The summed E-state index contributed by atoms with van der Waals surface area (Å²) < 4.78 is 39.0. The second-order valence-corrected chi connectivity index (χ2v) is 11.3. The van der Waals surface area contributed by atoms with Gasteiger partial charge in [-0.1, -0.05) is 30.3 Å². The van der Waals surface area contributed by atoms with Crippen LogP contribution in [0.5, 0.6) is 0 Å². The minimum atomic E-state index is -4.43. The lowest BCUT2D eigenvalue weighted by atomic mass is 9.81. The summed E-state index contributed by atoms with van der Waals surface area (Å²) >= 11 is 0. The van der Waals surface area contributed by atoms with Gasteiger partial charge in [0, 0.05) is 29.6 Å². The molecule has 1 heterocycles. The molecule has 4 rings (SSSR count). The summed E-state index contributed by atoms with van der Waals surface area (Å²) in [6.45, 7) is 6.70. The molecule has 1 saturated carbocycles. The van der Waals surface area contributed by atoms with Gasteiger partial charge in [-0.05, 0) is 82.6 Å². The predicted octanol–water partition coefficient (Wildman–Crippen LogP) is 7.24. The summed E-state index contributed by atoms with van der Waals surface area (Å²) in [5.41, 5.74) is 0.729. The standard InChI is InChI=1S/C30H34F3N3O3/c1-29(2,3)36(28(38)39)18-20-10-8-19(9-11-20)17-34-27(37)24-16-26(35-25-7-5-4-6-23(24)25)21-12-14-22(15-13-21)30(31,32)33/h4-7,12-16,19-20H,8-11,17-18H2,1-3H3,(H,34,37)(H,38,39). The third-order valence-corrected chi connectivity index (χ3v) is 7.47. The first-order valence-electron chi connectivity index (χ1n) is 13.2. The van der Waals surface area contributed by atoms with Crippen LogP contribution in [0.3, 0.4) is 0 Å². The summed E-state index contributed by atoms with van der Waals surface area (Å²) in [7, 11) is 0. The molecule has 2 amide bonds. The highest BCUT2D eigenvalue weighted by Gasteiger charge is 2.31. The molecule has 0 aliphatic heterocycles. The van der Waals surface area contributed by atoms with Crippen LogP contribution in [0, 0.1) is 11.8 Å². The van der Waals surface area contributed by atoms with Gasteiger partial charge in [-0.3, -0.25) is 4.79 Å². The van der Waals surface area contributed by atoms with Gasteiger partial charge in [0.1, 0.15) is 0 Å². The van der Waals surface area contributed by atoms with Crippen LogP contribution in [0.4, 0.5) is 18.0 Å². The predicted molar refractivity (Wildman–Crippen MR) is 144 cm³/mol. The van der Waals surface area contributed by atoms with E-state index in [-0.39, 0.29) is 5.91 Å². The van der Waals surface area contributed by atoms with Crippen molar-refractivity contribution in [1.82, 2.24) is 15.2 Å². The average Bonchev–Trinajstić information content (AvgIpc) is 2.89. The Morgan fingerprint density at radius 2 is 1.59 bits per heavy atom. The van der Waals surface area contributed by atoms with E-state index in [1.807, 2.05) is 32.9 Å². The summed E-state index contributed by atoms with van der Waals surface area (Å²) in [5, 5.41) is 13.3. The highest BCUT2D eigenvalue weighted by molar-refractivity contribution is 6.07. The Hall–Kier alpha value is -3.62. The number of para-hydroxylation sites is 1. The molecule has 39 heavy (non-hydrogen) atoms. The van der Waals surface area contributed by atoms with Gasteiger partial charge in [0.25, 0.3) is 5.91 Å². The van der Waals surface area contributed by atoms with Crippen molar-refractivity contribution in [3.05, 3.63) is 65.7 Å². The van der Waals surface area contributed by atoms with Crippen molar-refractivity contribution in [3.8, 4) is 11.3 Å². The molecule has 1 aromatic heterocycles. The lowest BCUT2D eigenvalue weighted by Crippen LogP contribution is -2.47. The number of carboxylic acid groups (broad SMARTS) is 1. The summed E-state index contributed by atoms with van der Waals surface area (Å²) in [4.78, 5) is 31.1. The summed E-state index contributed by atoms with van der Waals surface area (Å²) in [6.07, 6.45) is -1.74. The van der Waals surface area contributed by atoms with Gasteiger partial charge >= 0.3 is 12.3 Å². The van der Waals surface area contributed by atoms with E-state index in [0.29, 0.717) is 52.6 Å². The monoisotopic (exact) mass is 541 g/mol. The number of hydrogen-bond acceptors (Lipinski definition) is 3. The molecule has 2 aromatic carbocycles. The Bertz CT molecular complexity index is 1330. The number of benzene rings is 2. The Labute approximate surface area is 226 Å². The maximum atomic E-state index is 13.3. The van der Waals surface area contributed by atoms with E-state index in [2.05, 4.69) is 10.3 Å².